The summed E-state index contributed by atoms with van der Waals surface area (Å²) in [4.78, 5) is 17.0. The predicted molar refractivity (Wildman–Crippen MR) is 43.9 cm³/mol. The lowest BCUT2D eigenvalue weighted by molar-refractivity contribution is -0.956. The molecule has 0 heterocycles. The summed E-state index contributed by atoms with van der Waals surface area (Å²) >= 11 is 0. The summed E-state index contributed by atoms with van der Waals surface area (Å²) in [6.45, 7) is 2.13. The van der Waals surface area contributed by atoms with Crippen molar-refractivity contribution in [3.63, 3.8) is 0 Å². The molecule has 0 aliphatic heterocycles. The molecule has 0 amide bonds. The maximum absolute atomic E-state index is 11.5. The first-order chi connectivity index (χ1) is 5.59. The molecule has 0 fully saturated rings. The molecule has 0 aromatic rings. The number of nitrogens with zero attached hydrogens (tertiary/aromatic N) is 1. The molecule has 0 rings (SSSR count). The zero-order valence-corrected chi connectivity index (χ0v) is 8.26. The van der Waals surface area contributed by atoms with E-state index in [-0.39, 0.29) is 0 Å². The van der Waals surface area contributed by atoms with Gasteiger partial charge in [-0.15, -0.1) is 0 Å². The fraction of sp³-hybridized carbons (Fsp3) is 1.00. The average molecular weight is 215 g/mol. The van der Waals surface area contributed by atoms with Crippen LogP contribution >= 0.6 is 7.60 Å². The van der Waals surface area contributed by atoms with E-state index >= 15 is 0 Å². The summed E-state index contributed by atoms with van der Waals surface area (Å²) in [5.74, 6) is 0. The highest BCUT2D eigenvalue weighted by atomic mass is 31.2. The molecule has 8 heteroatoms. The van der Waals surface area contributed by atoms with Crippen molar-refractivity contribution in [1.82, 2.24) is 0 Å². The first kappa shape index (κ1) is 13.0. The third-order valence-corrected chi connectivity index (χ3v) is 2.48. The van der Waals surface area contributed by atoms with Gasteiger partial charge in [0.15, 0.2) is 18.7 Å². The molecule has 80 valence electrons. The van der Waals surface area contributed by atoms with Crippen molar-refractivity contribution in [3.05, 3.63) is 5.21 Å². The molecule has 0 bridgehead atoms. The number of hydroxylamine groups is 3. The Bertz CT molecular complexity index is 203. The largest absolute Gasteiger partial charge is 0.629 e. The van der Waals surface area contributed by atoms with Gasteiger partial charge < -0.3 is 29.9 Å². The number of aliphatic hydroxyl groups is 2. The van der Waals surface area contributed by atoms with E-state index in [1.807, 2.05) is 0 Å². The maximum atomic E-state index is 11.5. The quantitative estimate of drug-likeness (QED) is 0.209. The van der Waals surface area contributed by atoms with E-state index in [2.05, 4.69) is 0 Å². The van der Waals surface area contributed by atoms with Crippen LogP contribution in [0.4, 0.5) is 0 Å². The van der Waals surface area contributed by atoms with E-state index in [1.165, 1.54) is 0 Å². The third-order valence-electron chi connectivity index (χ3n) is 1.67. The van der Waals surface area contributed by atoms with Crippen molar-refractivity contribution in [3.8, 4) is 0 Å². The van der Waals surface area contributed by atoms with E-state index < -0.39 is 31.0 Å². The third kappa shape index (κ3) is 3.70. The molecule has 0 aromatic carbocycles. The first-order valence-corrected chi connectivity index (χ1v) is 5.38. The highest BCUT2D eigenvalue weighted by Crippen LogP contribution is 2.39. The molecule has 0 spiro atoms. The zero-order chi connectivity index (χ0) is 10.9. The Morgan fingerprint density at radius 3 is 1.69 bits per heavy atom. The second kappa shape index (κ2) is 4.02. The summed E-state index contributed by atoms with van der Waals surface area (Å²) < 4.78 is 8.78. The van der Waals surface area contributed by atoms with Gasteiger partial charge in [0, 0.05) is 13.8 Å². The van der Waals surface area contributed by atoms with Crippen LogP contribution in [0.5, 0.6) is 0 Å². The molecule has 2 unspecified atom stereocenters. The second-order valence-corrected chi connectivity index (χ2v) is 4.54. The maximum Gasteiger partial charge on any atom is 0.379 e. The minimum absolute atomic E-state index is 1.06. The Hall–Kier alpha value is -0.0100. The van der Waals surface area contributed by atoms with Crippen molar-refractivity contribution in [2.75, 3.05) is 6.29 Å². The van der Waals surface area contributed by atoms with Gasteiger partial charge in [0.05, 0.1) is 0 Å². The van der Waals surface area contributed by atoms with E-state index in [1.54, 1.807) is 0 Å². The fourth-order valence-electron chi connectivity index (χ4n) is 0.836. The van der Waals surface area contributed by atoms with Crippen LogP contribution in [0, 0.1) is 5.21 Å². The molecule has 0 saturated heterocycles. The Kier molecular flexibility index (Phi) is 4.01. The fourth-order valence-corrected chi connectivity index (χ4v) is 1.89. The van der Waals surface area contributed by atoms with Gasteiger partial charge in [-0.1, -0.05) is 0 Å². The van der Waals surface area contributed by atoms with Crippen LogP contribution in [0.15, 0.2) is 0 Å². The van der Waals surface area contributed by atoms with Crippen molar-refractivity contribution < 1.29 is 29.2 Å². The average Bonchev–Trinajstić information content (AvgIpc) is 1.82. The van der Waals surface area contributed by atoms with Gasteiger partial charge in [0.1, 0.15) is 0 Å². The smallest absolute Gasteiger partial charge is 0.379 e. The van der Waals surface area contributed by atoms with Gasteiger partial charge in [-0.2, -0.15) is 0 Å². The highest BCUT2D eigenvalue weighted by molar-refractivity contribution is 7.51. The Morgan fingerprint density at radius 1 is 1.31 bits per heavy atom. The molecule has 0 aliphatic rings. The van der Waals surface area contributed by atoms with Gasteiger partial charge in [-0.05, 0) is 0 Å². The Morgan fingerprint density at radius 2 is 1.62 bits per heavy atom. The topological polar surface area (TPSA) is 121 Å². The van der Waals surface area contributed by atoms with E-state index in [4.69, 9.17) is 20.0 Å². The van der Waals surface area contributed by atoms with Crippen LogP contribution in [-0.4, -0.2) is 43.4 Å². The van der Waals surface area contributed by atoms with Crippen molar-refractivity contribution in [1.29, 1.82) is 0 Å². The molecule has 7 nitrogen and oxygen atoms in total. The molecule has 4 N–H and O–H groups in total. The predicted octanol–water partition coefficient (Wildman–Crippen LogP) is -0.887. The number of hydrogen-bond acceptors (Lipinski definition) is 4. The van der Waals surface area contributed by atoms with E-state index in [0.29, 0.717) is 0 Å². The lowest BCUT2D eigenvalue weighted by Gasteiger charge is -2.46. The van der Waals surface area contributed by atoms with Crippen molar-refractivity contribution in [2.24, 2.45) is 0 Å². The van der Waals surface area contributed by atoms with Gasteiger partial charge >= 0.3 is 7.60 Å². The molecular weight excluding hydrogens is 201 g/mol. The van der Waals surface area contributed by atoms with Crippen LogP contribution in [0.2, 0.25) is 0 Å². The monoisotopic (exact) mass is 215 g/mol. The van der Waals surface area contributed by atoms with Crippen LogP contribution in [0.25, 0.3) is 0 Å². The van der Waals surface area contributed by atoms with E-state index in [9.17, 15) is 9.77 Å². The Balaban J connectivity index is 4.73. The minimum atomic E-state index is -4.56. The second-order valence-electron chi connectivity index (χ2n) is 2.92. The van der Waals surface area contributed by atoms with Crippen molar-refractivity contribution >= 4 is 7.60 Å². The standard InChI is InChI=1S/C5H14NO6P/c1-4(7)6(9,5(2)8)3-13(10,11)12/h4-5,7-8H,3H2,1-2H3,(H2,10,11,12). The summed E-state index contributed by atoms with van der Waals surface area (Å²) in [5, 5.41) is 29.4. The van der Waals surface area contributed by atoms with E-state index in [0.717, 1.165) is 13.8 Å². The lowest BCUT2D eigenvalue weighted by Crippen LogP contribution is -2.55. The highest BCUT2D eigenvalue weighted by Gasteiger charge is 2.35. The van der Waals surface area contributed by atoms with Crippen LogP contribution < -0.4 is 0 Å². The number of hydrogen-bond donors (Lipinski definition) is 4. The molecular formula is C5H14NO6P. The number of rotatable bonds is 4. The SMILES string of the molecule is CC(O)[N+]([O-])(CP(=O)(O)O)C(C)O. The van der Waals surface area contributed by atoms with Gasteiger partial charge in [0.25, 0.3) is 0 Å². The van der Waals surface area contributed by atoms with Crippen LogP contribution in [-0.2, 0) is 4.57 Å². The van der Waals surface area contributed by atoms with Gasteiger partial charge in [-0.25, -0.2) is 0 Å². The zero-order valence-electron chi connectivity index (χ0n) is 7.36. The minimum Gasteiger partial charge on any atom is -0.629 e. The van der Waals surface area contributed by atoms with Crippen LogP contribution in [0.1, 0.15) is 13.8 Å². The Labute approximate surface area is 75.6 Å². The van der Waals surface area contributed by atoms with Gasteiger partial charge in [0.2, 0.25) is 0 Å². The molecule has 0 aromatic heterocycles. The normalized spacial score (nSPS) is 22.1. The van der Waals surface area contributed by atoms with Gasteiger partial charge in [-0.3, -0.25) is 4.57 Å². The molecule has 2 atom stereocenters. The summed E-state index contributed by atoms with van der Waals surface area (Å²) in [6.07, 6.45) is -4.32. The summed E-state index contributed by atoms with van der Waals surface area (Å²) in [7, 11) is -4.56. The summed E-state index contributed by atoms with van der Waals surface area (Å²) in [6, 6.07) is 0. The molecule has 0 radical (unpaired) electrons. The number of quaternary nitrogens is 1. The number of aliphatic hydroxyl groups excluding tert-OH is 2. The molecule has 0 saturated carbocycles. The lowest BCUT2D eigenvalue weighted by atomic mass is 10.5. The molecule has 0 aliphatic carbocycles. The van der Waals surface area contributed by atoms with Crippen LogP contribution in [0.3, 0.4) is 0 Å². The molecule has 13 heavy (non-hydrogen) atoms. The first-order valence-electron chi connectivity index (χ1n) is 3.59. The van der Waals surface area contributed by atoms with Crippen molar-refractivity contribution in [2.45, 2.75) is 26.3 Å². The summed E-state index contributed by atoms with van der Waals surface area (Å²) in [5.41, 5.74) is 0.